The number of nitrogens with one attached hydrogen (secondary N) is 1. The van der Waals surface area contributed by atoms with E-state index in [9.17, 15) is 9.59 Å². The van der Waals surface area contributed by atoms with Gasteiger partial charge in [-0.05, 0) is 66.0 Å². The molecule has 1 aliphatic carbocycles. The molecule has 0 heterocycles. The molecule has 0 saturated heterocycles. The van der Waals surface area contributed by atoms with Crippen LogP contribution in [0.5, 0.6) is 0 Å². The molecule has 8 heteroatoms. The molecule has 3 N–H and O–H groups in total. The molecule has 6 nitrogen and oxygen atoms in total. The van der Waals surface area contributed by atoms with E-state index in [0.29, 0.717) is 10.7 Å². The van der Waals surface area contributed by atoms with Crippen LogP contribution in [0.25, 0.3) is 16.0 Å². The Morgan fingerprint density at radius 2 is 1.54 bits per heavy atom. The van der Waals surface area contributed by atoms with Crippen LogP contribution in [0.3, 0.4) is 0 Å². The second-order valence-corrected chi connectivity index (χ2v) is 11.0. The average molecular weight is 565 g/mol. The van der Waals surface area contributed by atoms with Crippen LogP contribution in [0, 0.1) is 5.92 Å². The van der Waals surface area contributed by atoms with Crippen molar-refractivity contribution in [3.8, 4) is 11.1 Å². The van der Waals surface area contributed by atoms with Gasteiger partial charge in [0, 0.05) is 21.2 Å². The minimum absolute atomic E-state index is 0.0176. The number of benzene rings is 3. The lowest BCUT2D eigenvalue weighted by Gasteiger charge is -2.20. The molecular formula is C31H33ClN2O4S. The zero-order valence-electron chi connectivity index (χ0n) is 22.5. The quantitative estimate of drug-likeness (QED) is 0.205. The van der Waals surface area contributed by atoms with Crippen LogP contribution in [-0.2, 0) is 19.7 Å². The summed E-state index contributed by atoms with van der Waals surface area (Å²) in [5.41, 5.74) is 4.86. The van der Waals surface area contributed by atoms with Crippen molar-refractivity contribution in [2.45, 2.75) is 45.1 Å². The van der Waals surface area contributed by atoms with Gasteiger partial charge in [0.15, 0.2) is 0 Å². The Bertz CT molecular complexity index is 1370. The molecule has 3 aromatic rings. The van der Waals surface area contributed by atoms with E-state index in [1.165, 1.54) is 7.11 Å². The van der Waals surface area contributed by atoms with Gasteiger partial charge in [0.25, 0.3) is 0 Å². The van der Waals surface area contributed by atoms with E-state index in [1.54, 1.807) is 13.0 Å². The third kappa shape index (κ3) is 6.32. The molecule has 0 radical (unpaired) electrons. The predicted octanol–water partition coefficient (Wildman–Crippen LogP) is 7.63. The van der Waals surface area contributed by atoms with Gasteiger partial charge >= 0.3 is 12.1 Å². The first-order valence-corrected chi connectivity index (χ1v) is 14.1. The highest BCUT2D eigenvalue weighted by atomic mass is 35.5. The lowest BCUT2D eigenvalue weighted by atomic mass is 9.93. The third-order valence-corrected chi connectivity index (χ3v) is 8.08. The summed E-state index contributed by atoms with van der Waals surface area (Å²) >= 11 is 7.34. The van der Waals surface area contributed by atoms with Crippen molar-refractivity contribution in [1.29, 1.82) is 0 Å². The van der Waals surface area contributed by atoms with Crippen molar-refractivity contribution in [2.75, 3.05) is 7.11 Å². The lowest BCUT2D eigenvalue weighted by Crippen LogP contribution is -2.28. The lowest BCUT2D eigenvalue weighted by molar-refractivity contribution is -0.143. The number of rotatable bonds is 9. The largest absolute Gasteiger partial charge is 0.468 e. The molecule has 204 valence electrons. The standard InChI is InChI=1S/C31H33ClN2O4S/c1-19(2)27(34-30(36)38-20(3)25-7-5-6-8-26(25)32)28(39-33)23-11-9-21(10-12-23)22-13-15-24(16-14-22)31(17-18-31)29(35)37-4/h5-16,19-20H,17-18,33H2,1-4H3,(H,34,36)/b28-27+/t20-/m1/s1. The molecule has 4 rings (SSSR count). The number of hydrogen-bond donors (Lipinski definition) is 2. The van der Waals surface area contributed by atoms with E-state index in [0.717, 1.165) is 57.5 Å². The number of esters is 1. The number of allylic oxidation sites excluding steroid dienone is 1. The summed E-state index contributed by atoms with van der Waals surface area (Å²) in [6.07, 6.45) is 0.542. The molecular weight excluding hydrogens is 532 g/mol. The van der Waals surface area contributed by atoms with Crippen LogP contribution in [0.15, 0.2) is 78.5 Å². The van der Waals surface area contributed by atoms with Crippen molar-refractivity contribution >= 4 is 40.5 Å². The minimum atomic E-state index is -0.574. The Balaban J connectivity index is 1.51. The number of amides is 1. The normalized spacial score (nSPS) is 15.3. The first-order chi connectivity index (χ1) is 18.7. The van der Waals surface area contributed by atoms with Crippen LogP contribution in [0.1, 0.15) is 56.4 Å². The second-order valence-electron chi connectivity index (χ2n) is 9.94. The van der Waals surface area contributed by atoms with E-state index >= 15 is 0 Å². The molecule has 1 fully saturated rings. The van der Waals surface area contributed by atoms with Gasteiger partial charge in [-0.1, -0.05) is 92.2 Å². The van der Waals surface area contributed by atoms with Gasteiger partial charge in [-0.25, -0.2) is 4.79 Å². The van der Waals surface area contributed by atoms with Crippen molar-refractivity contribution in [1.82, 2.24) is 5.32 Å². The smallest absolute Gasteiger partial charge is 0.412 e. The molecule has 0 aliphatic heterocycles. The fourth-order valence-electron chi connectivity index (χ4n) is 4.65. The zero-order chi connectivity index (χ0) is 28.2. The van der Waals surface area contributed by atoms with E-state index in [-0.39, 0.29) is 11.9 Å². The number of carbonyl (C=O) groups is 2. The Hall–Kier alpha value is -3.26. The SMILES string of the molecule is COC(=O)C1(c2ccc(-c3ccc(/C(SN)=C(\NC(=O)O[C@H](C)c4ccccc4Cl)C(C)C)cc3)cc2)CC1. The summed E-state index contributed by atoms with van der Waals surface area (Å²) in [6.45, 7) is 5.75. The van der Waals surface area contributed by atoms with Gasteiger partial charge in [0.1, 0.15) is 6.10 Å². The molecule has 0 unspecified atom stereocenters. The van der Waals surface area contributed by atoms with Gasteiger partial charge < -0.3 is 9.47 Å². The van der Waals surface area contributed by atoms with E-state index in [4.69, 9.17) is 26.2 Å². The van der Waals surface area contributed by atoms with Crippen molar-refractivity contribution in [3.63, 3.8) is 0 Å². The first kappa shape index (κ1) is 28.7. The van der Waals surface area contributed by atoms with Crippen LogP contribution in [-0.4, -0.2) is 19.2 Å². The topological polar surface area (TPSA) is 90.6 Å². The van der Waals surface area contributed by atoms with Crippen LogP contribution >= 0.6 is 23.5 Å². The Morgan fingerprint density at radius 1 is 0.949 bits per heavy atom. The summed E-state index contributed by atoms with van der Waals surface area (Å²) in [6, 6.07) is 23.3. The minimum Gasteiger partial charge on any atom is -0.468 e. The van der Waals surface area contributed by atoms with Gasteiger partial charge in [0.2, 0.25) is 0 Å². The van der Waals surface area contributed by atoms with Gasteiger partial charge in [-0.2, -0.15) is 0 Å². The molecule has 1 saturated carbocycles. The highest BCUT2D eigenvalue weighted by Crippen LogP contribution is 2.49. The number of nitrogens with two attached hydrogens (primary N) is 1. The van der Waals surface area contributed by atoms with Crippen molar-refractivity contribution in [3.05, 3.63) is 100 Å². The molecule has 3 aromatic carbocycles. The summed E-state index contributed by atoms with van der Waals surface area (Å²) < 4.78 is 10.6. The summed E-state index contributed by atoms with van der Waals surface area (Å²) in [4.78, 5) is 25.8. The maximum Gasteiger partial charge on any atom is 0.412 e. The first-order valence-electron chi connectivity index (χ1n) is 12.8. The number of alkyl carbamates (subject to hydrolysis) is 1. The molecule has 1 amide bonds. The Morgan fingerprint density at radius 3 is 2.05 bits per heavy atom. The highest BCUT2D eigenvalue weighted by molar-refractivity contribution is 8.06. The number of methoxy groups -OCH3 is 1. The number of hydrogen-bond acceptors (Lipinski definition) is 6. The fourth-order valence-corrected chi connectivity index (χ4v) is 5.62. The van der Waals surface area contributed by atoms with Crippen LogP contribution in [0.4, 0.5) is 4.79 Å². The number of carbonyl (C=O) groups excluding carboxylic acids is 2. The number of halogens is 1. The molecule has 39 heavy (non-hydrogen) atoms. The average Bonchev–Trinajstić information content (AvgIpc) is 3.75. The van der Waals surface area contributed by atoms with Crippen molar-refractivity contribution < 1.29 is 19.1 Å². The van der Waals surface area contributed by atoms with Crippen LogP contribution in [0.2, 0.25) is 5.02 Å². The van der Waals surface area contributed by atoms with Crippen molar-refractivity contribution in [2.24, 2.45) is 11.1 Å². The summed E-state index contributed by atoms with van der Waals surface area (Å²) in [7, 11) is 1.44. The fraction of sp³-hybridized carbons (Fsp3) is 0.290. The van der Waals surface area contributed by atoms with Crippen LogP contribution < -0.4 is 10.5 Å². The molecule has 1 aliphatic rings. The zero-order valence-corrected chi connectivity index (χ0v) is 24.1. The van der Waals surface area contributed by atoms with Gasteiger partial charge in [-0.3, -0.25) is 15.3 Å². The van der Waals surface area contributed by atoms with E-state index in [1.807, 2.05) is 80.6 Å². The number of ether oxygens (including phenoxy) is 2. The monoisotopic (exact) mass is 564 g/mol. The molecule has 0 aromatic heterocycles. The van der Waals surface area contributed by atoms with E-state index in [2.05, 4.69) is 5.32 Å². The summed E-state index contributed by atoms with van der Waals surface area (Å²) in [5, 5.41) is 9.54. The Labute approximate surface area is 239 Å². The van der Waals surface area contributed by atoms with E-state index < -0.39 is 17.6 Å². The molecule has 1 atom stereocenters. The maximum atomic E-state index is 12.8. The molecule has 0 spiro atoms. The Kier molecular flexibility index (Phi) is 9.05. The second kappa shape index (κ2) is 12.3. The third-order valence-electron chi connectivity index (χ3n) is 7.05. The van der Waals surface area contributed by atoms with Gasteiger partial charge in [0.05, 0.1) is 12.5 Å². The van der Waals surface area contributed by atoms with Gasteiger partial charge in [-0.15, -0.1) is 0 Å². The summed E-state index contributed by atoms with van der Waals surface area (Å²) in [5.74, 6) is -0.189. The predicted molar refractivity (Wildman–Crippen MR) is 158 cm³/mol. The molecule has 0 bridgehead atoms. The highest BCUT2D eigenvalue weighted by Gasteiger charge is 2.52. The maximum absolute atomic E-state index is 12.8.